The number of hydrogen-bond donors (Lipinski definition) is 0. The van der Waals surface area contributed by atoms with Crippen LogP contribution in [0.1, 0.15) is 19.3 Å². The average molecular weight is 252 g/mol. The molecule has 0 radical (unpaired) electrons. The SMILES string of the molecule is C1=C([C]23[CH]4[CH]5[CH]6[CH]2[Fe]56432789[CH]3[CH]2[CH]7[CH]8[CH]39)CCC1. The van der Waals surface area contributed by atoms with Crippen LogP contribution >= 0.6 is 0 Å². The third-order valence-corrected chi connectivity index (χ3v) is 58.6. The van der Waals surface area contributed by atoms with Gasteiger partial charge in [0.15, 0.2) is 0 Å². The fourth-order valence-corrected chi connectivity index (χ4v) is 92.6. The van der Waals surface area contributed by atoms with Gasteiger partial charge in [0.2, 0.25) is 0 Å². The van der Waals surface area contributed by atoms with E-state index in [1.165, 1.54) is 56.2 Å². The first-order chi connectivity index (χ1) is 7.65. The third-order valence-electron chi connectivity index (χ3n) is 16.2. The van der Waals surface area contributed by atoms with E-state index < -0.39 is 6.51 Å². The van der Waals surface area contributed by atoms with Crippen LogP contribution in [0.15, 0.2) is 11.6 Å². The van der Waals surface area contributed by atoms with Crippen LogP contribution in [0.2, 0.25) is 47.7 Å². The van der Waals surface area contributed by atoms with Gasteiger partial charge in [0.05, 0.1) is 0 Å². The van der Waals surface area contributed by atoms with Gasteiger partial charge in [-0.1, -0.05) is 0 Å². The van der Waals surface area contributed by atoms with Crippen LogP contribution in [-0.4, -0.2) is 0 Å². The number of rotatable bonds is 1. The topological polar surface area (TPSA) is 0 Å². The second-order valence-corrected chi connectivity index (χ2v) is 34.9. The predicted octanol–water partition coefficient (Wildman–Crippen LogP) is 4.86. The van der Waals surface area contributed by atoms with E-state index in [4.69, 9.17) is 0 Å². The van der Waals surface area contributed by atoms with Crippen molar-refractivity contribution in [2.24, 2.45) is 0 Å². The zero-order valence-electron chi connectivity index (χ0n) is 9.25. The molecule has 10 fully saturated rings. The monoisotopic (exact) mass is 252 g/mol. The molecule has 0 bridgehead atoms. The Bertz CT molecular complexity index is 916. The second kappa shape index (κ2) is 0.427. The van der Waals surface area contributed by atoms with E-state index in [1.807, 2.05) is 0 Å². The molecule has 0 saturated carbocycles. The molecule has 1 aliphatic carbocycles. The van der Waals surface area contributed by atoms with Gasteiger partial charge < -0.3 is 0 Å². The van der Waals surface area contributed by atoms with Crippen molar-refractivity contribution in [1.82, 2.24) is 0 Å². The first-order valence-corrected chi connectivity index (χ1v) is 13.8. The second-order valence-electron chi connectivity index (χ2n) is 11.3. The van der Waals surface area contributed by atoms with Crippen LogP contribution in [0.25, 0.3) is 0 Å². The minimum absolute atomic E-state index is 1.13. The van der Waals surface area contributed by atoms with E-state index in [2.05, 4.69) is 11.6 Å². The summed E-state index contributed by atoms with van der Waals surface area (Å²) in [6, 6.07) is 0. The minimum atomic E-state index is -2.69. The van der Waals surface area contributed by atoms with Gasteiger partial charge in [-0.2, -0.15) is 0 Å². The van der Waals surface area contributed by atoms with Crippen LogP contribution in [0.4, 0.5) is 0 Å². The van der Waals surface area contributed by atoms with E-state index in [-0.39, 0.29) is 0 Å². The molecule has 0 aromatic rings. The van der Waals surface area contributed by atoms with Gasteiger partial charge in [0, 0.05) is 0 Å². The van der Waals surface area contributed by atoms with E-state index >= 15 is 0 Å². The fraction of sp³-hybridized carbons (Fsp3) is 0.867. The van der Waals surface area contributed by atoms with Crippen LogP contribution in [0.3, 0.4) is 0 Å². The Hall–Kier alpha value is 0.259. The summed E-state index contributed by atoms with van der Waals surface area (Å²) in [4.78, 5) is 13.8. The Morgan fingerprint density at radius 3 is 1.88 bits per heavy atom. The van der Waals surface area contributed by atoms with Crippen molar-refractivity contribution in [3.8, 4) is 0 Å². The predicted molar refractivity (Wildman–Crippen MR) is 58.4 cm³/mol. The summed E-state index contributed by atoms with van der Waals surface area (Å²) in [6.07, 6.45) is 7.35. The molecule has 10 aliphatic heterocycles. The van der Waals surface area contributed by atoms with Crippen molar-refractivity contribution >= 4 is 0 Å². The first-order valence-electron chi connectivity index (χ1n) is 7.56. The molecule has 0 amide bonds. The summed E-state index contributed by atoms with van der Waals surface area (Å²) in [5.74, 6) is 0. The van der Waals surface area contributed by atoms with Crippen molar-refractivity contribution in [2.75, 3.05) is 0 Å². The number of hydrogen-bond acceptors (Lipinski definition) is 0. The van der Waals surface area contributed by atoms with Crippen molar-refractivity contribution < 1.29 is 6.51 Å². The van der Waals surface area contributed by atoms with Crippen molar-refractivity contribution in [1.29, 1.82) is 0 Å². The van der Waals surface area contributed by atoms with Crippen molar-refractivity contribution in [3.05, 3.63) is 11.6 Å². The molecule has 11 aliphatic rings. The van der Waals surface area contributed by atoms with E-state index in [9.17, 15) is 0 Å². The molecule has 16 heavy (non-hydrogen) atoms. The van der Waals surface area contributed by atoms with E-state index in [0.29, 0.717) is 0 Å². The average Bonchev–Trinajstić information content (AvgIpc) is 3.20. The Balaban J connectivity index is 1.68. The Labute approximate surface area is 85.1 Å². The molecule has 0 N–H and O–H groups in total. The van der Waals surface area contributed by atoms with Gasteiger partial charge in [0.1, 0.15) is 0 Å². The molecule has 0 aromatic heterocycles. The molecule has 1 spiro atoms. The Kier molecular flexibility index (Phi) is 0.146. The zero-order valence-corrected chi connectivity index (χ0v) is 10.4. The molecule has 10 saturated heterocycles. The number of fused-ring (bicyclic) bond motifs is 10. The van der Waals surface area contributed by atoms with Crippen LogP contribution in [-0.2, 0) is 6.51 Å². The summed E-state index contributed by atoms with van der Waals surface area (Å²) < 4.78 is 1.13. The van der Waals surface area contributed by atoms with E-state index in [1.54, 1.807) is 6.42 Å². The molecule has 84 valence electrons. The number of allylic oxidation sites excluding steroid dienone is 2. The van der Waals surface area contributed by atoms with Gasteiger partial charge >= 0.3 is 85.1 Å². The molecule has 1 heteroatoms. The molecule has 0 nitrogen and oxygen atoms in total. The Morgan fingerprint density at radius 1 is 0.938 bits per heavy atom. The van der Waals surface area contributed by atoms with Gasteiger partial charge in [-0.3, -0.25) is 0 Å². The maximum atomic E-state index is 2.78. The summed E-state index contributed by atoms with van der Waals surface area (Å²) in [6.45, 7) is -2.69. The summed E-state index contributed by atoms with van der Waals surface area (Å²) in [5, 5.41) is 0. The maximum absolute atomic E-state index is 2.78. The molecule has 4 atom stereocenters. The molecule has 4 unspecified atom stereocenters. The fourth-order valence-electron chi connectivity index (χ4n) is 18.1. The zero-order chi connectivity index (χ0) is 9.42. The summed E-state index contributed by atoms with van der Waals surface area (Å²) >= 11 is 0. The normalized spacial score (nSPS) is 130. The molecular weight excluding hydrogens is 236 g/mol. The van der Waals surface area contributed by atoms with Crippen LogP contribution in [0, 0.1) is 0 Å². The van der Waals surface area contributed by atoms with Gasteiger partial charge in [0.25, 0.3) is 0 Å². The summed E-state index contributed by atoms with van der Waals surface area (Å²) in [5.41, 5.74) is 2.14. The summed E-state index contributed by atoms with van der Waals surface area (Å²) in [7, 11) is 0. The third kappa shape index (κ3) is 0.0490. The van der Waals surface area contributed by atoms with Gasteiger partial charge in [-0.25, -0.2) is 0 Å². The molecular formula is C15H16Fe. The van der Waals surface area contributed by atoms with Crippen LogP contribution < -0.4 is 0 Å². The molecule has 11 rings (SSSR count). The van der Waals surface area contributed by atoms with Crippen molar-refractivity contribution in [3.63, 3.8) is 0 Å². The molecule has 10 heterocycles. The van der Waals surface area contributed by atoms with Gasteiger partial charge in [-0.15, -0.1) is 0 Å². The molecule has 0 aromatic carbocycles. The quantitative estimate of drug-likeness (QED) is 0.462. The first kappa shape index (κ1) is 5.49. The van der Waals surface area contributed by atoms with E-state index in [0.717, 1.165) is 4.31 Å². The van der Waals surface area contributed by atoms with Crippen molar-refractivity contribution in [2.45, 2.75) is 66.9 Å². The van der Waals surface area contributed by atoms with Crippen LogP contribution in [0.5, 0.6) is 0 Å². The Morgan fingerprint density at radius 2 is 1.56 bits per heavy atom. The van der Waals surface area contributed by atoms with Gasteiger partial charge in [-0.05, 0) is 0 Å². The standard InChI is InChI=1S/C10H11.C5H5.Fe/c1-2-6-9(5-1)10-7-3-4-8-10;1-2-4-5-3-1;/h1-2,5-7H,3-4,8H2;1-5H;.